The van der Waals surface area contributed by atoms with Crippen molar-refractivity contribution in [2.24, 2.45) is 0 Å². The number of hydrogen-bond donors (Lipinski definition) is 2. The molecule has 0 saturated heterocycles. The summed E-state index contributed by atoms with van der Waals surface area (Å²) in [6, 6.07) is 1.82. The van der Waals surface area contributed by atoms with Crippen LogP contribution in [0.15, 0.2) is 18.3 Å². The quantitative estimate of drug-likeness (QED) is 0.763. The van der Waals surface area contributed by atoms with Crippen LogP contribution in [0.1, 0.15) is 11.1 Å². The van der Waals surface area contributed by atoms with Crippen LogP contribution in [0.3, 0.4) is 0 Å². The lowest BCUT2D eigenvalue weighted by atomic mass is 10.2. The predicted molar refractivity (Wildman–Crippen MR) is 73.0 cm³/mol. The van der Waals surface area contributed by atoms with Crippen LogP contribution in [0.4, 0.5) is 5.82 Å². The molecule has 0 spiro atoms. The van der Waals surface area contributed by atoms with Crippen LogP contribution in [0.5, 0.6) is 0 Å². The van der Waals surface area contributed by atoms with Gasteiger partial charge in [-0.15, -0.1) is 0 Å². The van der Waals surface area contributed by atoms with E-state index < -0.39 is 5.97 Å². The molecule has 0 aliphatic rings. The number of hydrogen-bond acceptors (Lipinski definition) is 4. The van der Waals surface area contributed by atoms with Crippen molar-refractivity contribution < 1.29 is 14.7 Å². The fourth-order valence-corrected chi connectivity index (χ4v) is 1.62. The van der Waals surface area contributed by atoms with E-state index in [1.54, 1.807) is 25.2 Å². The summed E-state index contributed by atoms with van der Waals surface area (Å²) < 4.78 is 0. The van der Waals surface area contributed by atoms with Crippen molar-refractivity contribution in [2.45, 2.75) is 6.92 Å². The maximum Gasteiger partial charge on any atom is 0.328 e. The van der Waals surface area contributed by atoms with Crippen molar-refractivity contribution in [3.05, 3.63) is 29.5 Å². The number of amides is 1. The molecule has 6 nitrogen and oxygen atoms in total. The molecule has 0 aromatic carbocycles. The van der Waals surface area contributed by atoms with Crippen molar-refractivity contribution in [2.75, 3.05) is 25.5 Å². The molecular formula is C13H17N3O3. The highest BCUT2D eigenvalue weighted by Crippen LogP contribution is 2.17. The van der Waals surface area contributed by atoms with Gasteiger partial charge in [-0.2, -0.15) is 0 Å². The number of anilines is 1. The predicted octanol–water partition coefficient (Wildman–Crippen LogP) is 0.670. The molecule has 0 bridgehead atoms. The Kier molecular flexibility index (Phi) is 5.05. The number of pyridine rings is 1. The fourth-order valence-electron chi connectivity index (χ4n) is 1.62. The van der Waals surface area contributed by atoms with Crippen LogP contribution in [0.25, 0.3) is 6.08 Å². The molecule has 1 rings (SSSR count). The third kappa shape index (κ3) is 4.42. The van der Waals surface area contributed by atoms with Gasteiger partial charge in [0.25, 0.3) is 0 Å². The Bertz CT molecular complexity index is 512. The molecule has 1 aromatic heterocycles. The molecule has 0 fully saturated rings. The van der Waals surface area contributed by atoms with Gasteiger partial charge in [0.05, 0.1) is 6.54 Å². The number of carbonyl (C=O) groups is 2. The van der Waals surface area contributed by atoms with Crippen molar-refractivity contribution in [3.8, 4) is 0 Å². The van der Waals surface area contributed by atoms with Crippen LogP contribution in [0.2, 0.25) is 0 Å². The summed E-state index contributed by atoms with van der Waals surface area (Å²) in [6.07, 6.45) is 4.11. The van der Waals surface area contributed by atoms with Gasteiger partial charge in [-0.1, -0.05) is 0 Å². The summed E-state index contributed by atoms with van der Waals surface area (Å²) in [5.41, 5.74) is 1.58. The molecule has 1 amide bonds. The second-order valence-corrected chi connectivity index (χ2v) is 4.11. The summed E-state index contributed by atoms with van der Waals surface area (Å²) >= 11 is 0. The monoisotopic (exact) mass is 263 g/mol. The third-order valence-corrected chi connectivity index (χ3v) is 2.51. The number of rotatable bonds is 5. The Morgan fingerprint density at radius 1 is 1.53 bits per heavy atom. The number of carbonyl (C=O) groups excluding carboxylic acids is 1. The van der Waals surface area contributed by atoms with Gasteiger partial charge in [0.2, 0.25) is 5.91 Å². The van der Waals surface area contributed by atoms with Gasteiger partial charge in [0.1, 0.15) is 5.82 Å². The lowest BCUT2D eigenvalue weighted by Crippen LogP contribution is -2.33. The maximum absolute atomic E-state index is 11.3. The number of nitrogens with one attached hydrogen (secondary N) is 1. The molecule has 102 valence electrons. The molecule has 0 saturated carbocycles. The maximum atomic E-state index is 11.3. The molecule has 0 radical (unpaired) electrons. The van der Waals surface area contributed by atoms with E-state index in [2.05, 4.69) is 10.3 Å². The Balaban J connectivity index is 2.88. The summed E-state index contributed by atoms with van der Waals surface area (Å²) in [7, 11) is 3.35. The first-order valence-corrected chi connectivity index (χ1v) is 5.73. The molecule has 6 heteroatoms. The lowest BCUT2D eigenvalue weighted by molar-refractivity contribution is -0.131. The molecule has 2 N–H and O–H groups in total. The largest absolute Gasteiger partial charge is 0.478 e. The first kappa shape index (κ1) is 14.7. The number of carboxylic acids is 1. The van der Waals surface area contributed by atoms with E-state index in [-0.39, 0.29) is 12.5 Å². The first-order valence-electron chi connectivity index (χ1n) is 5.73. The third-order valence-electron chi connectivity index (χ3n) is 2.51. The van der Waals surface area contributed by atoms with E-state index in [1.165, 1.54) is 6.08 Å². The minimum Gasteiger partial charge on any atom is -0.478 e. The van der Waals surface area contributed by atoms with Gasteiger partial charge < -0.3 is 15.3 Å². The minimum atomic E-state index is -1.00. The van der Waals surface area contributed by atoms with Crippen molar-refractivity contribution in [1.82, 2.24) is 10.3 Å². The van der Waals surface area contributed by atoms with Crippen LogP contribution >= 0.6 is 0 Å². The van der Waals surface area contributed by atoms with Crippen LogP contribution < -0.4 is 10.2 Å². The van der Waals surface area contributed by atoms with E-state index in [4.69, 9.17) is 5.11 Å². The second kappa shape index (κ2) is 6.53. The molecule has 19 heavy (non-hydrogen) atoms. The number of aryl methyl sites for hydroxylation is 1. The fraction of sp³-hybridized carbons (Fsp3) is 0.308. The van der Waals surface area contributed by atoms with Crippen molar-refractivity contribution >= 4 is 23.8 Å². The standard InChI is InChI=1S/C13H17N3O3/c1-9-6-10(4-5-12(18)19)7-15-13(9)16(3)8-11(17)14-2/h4-7H,8H2,1-3H3,(H,14,17)(H,18,19)/b5-4+. The molecule has 0 atom stereocenters. The highest BCUT2D eigenvalue weighted by atomic mass is 16.4. The Morgan fingerprint density at radius 2 is 2.21 bits per heavy atom. The second-order valence-electron chi connectivity index (χ2n) is 4.11. The van der Waals surface area contributed by atoms with Gasteiger partial charge in [0.15, 0.2) is 0 Å². The highest BCUT2D eigenvalue weighted by molar-refractivity contribution is 5.85. The highest BCUT2D eigenvalue weighted by Gasteiger charge is 2.09. The number of aromatic nitrogens is 1. The van der Waals surface area contributed by atoms with E-state index in [9.17, 15) is 9.59 Å². The molecule has 0 aliphatic carbocycles. The topological polar surface area (TPSA) is 82.5 Å². The van der Waals surface area contributed by atoms with Gasteiger partial charge in [-0.25, -0.2) is 9.78 Å². The van der Waals surface area contributed by atoms with E-state index in [1.807, 2.05) is 13.0 Å². The number of aliphatic carboxylic acids is 1. The Morgan fingerprint density at radius 3 is 2.74 bits per heavy atom. The summed E-state index contributed by atoms with van der Waals surface area (Å²) in [4.78, 5) is 27.7. The van der Waals surface area contributed by atoms with E-state index >= 15 is 0 Å². The smallest absolute Gasteiger partial charge is 0.328 e. The number of likely N-dealkylation sites (N-methyl/N-ethyl adjacent to an activating group) is 2. The molecule has 1 aromatic rings. The Hall–Kier alpha value is -2.37. The lowest BCUT2D eigenvalue weighted by Gasteiger charge is -2.19. The van der Waals surface area contributed by atoms with E-state index in [0.29, 0.717) is 11.4 Å². The average Bonchev–Trinajstić information content (AvgIpc) is 2.35. The van der Waals surface area contributed by atoms with Gasteiger partial charge >= 0.3 is 5.97 Å². The zero-order valence-corrected chi connectivity index (χ0v) is 11.2. The first-order chi connectivity index (χ1) is 8.93. The van der Waals surface area contributed by atoms with Crippen LogP contribution in [-0.2, 0) is 9.59 Å². The van der Waals surface area contributed by atoms with Gasteiger partial charge in [-0.05, 0) is 30.2 Å². The number of nitrogens with zero attached hydrogens (tertiary/aromatic N) is 2. The normalized spacial score (nSPS) is 10.5. The van der Waals surface area contributed by atoms with Crippen LogP contribution in [0, 0.1) is 6.92 Å². The van der Waals surface area contributed by atoms with Gasteiger partial charge in [-0.3, -0.25) is 4.79 Å². The molecular weight excluding hydrogens is 246 g/mol. The average molecular weight is 263 g/mol. The van der Waals surface area contributed by atoms with Gasteiger partial charge in [0, 0.05) is 26.4 Å². The zero-order chi connectivity index (χ0) is 14.4. The Labute approximate surface area is 111 Å². The molecule has 0 aliphatic heterocycles. The van der Waals surface area contributed by atoms with Crippen molar-refractivity contribution in [1.29, 1.82) is 0 Å². The zero-order valence-electron chi connectivity index (χ0n) is 11.2. The summed E-state index contributed by atoms with van der Waals surface area (Å²) in [5, 5.41) is 11.1. The number of carboxylic acid groups (broad SMARTS) is 1. The molecule has 1 heterocycles. The van der Waals surface area contributed by atoms with Crippen molar-refractivity contribution in [3.63, 3.8) is 0 Å². The van der Waals surface area contributed by atoms with Crippen LogP contribution in [-0.4, -0.2) is 42.6 Å². The van der Waals surface area contributed by atoms with E-state index in [0.717, 1.165) is 11.6 Å². The minimum absolute atomic E-state index is 0.0986. The SMILES string of the molecule is CNC(=O)CN(C)c1ncc(/C=C/C(=O)O)cc1C. The summed E-state index contributed by atoms with van der Waals surface area (Å²) in [5.74, 6) is -0.409. The molecule has 0 unspecified atom stereocenters. The summed E-state index contributed by atoms with van der Waals surface area (Å²) in [6.45, 7) is 2.08.